The van der Waals surface area contributed by atoms with Crippen LogP contribution in [0.4, 0.5) is 0 Å². The monoisotopic (exact) mass is 544 g/mol. The van der Waals surface area contributed by atoms with Gasteiger partial charge in [-0.1, -0.05) is 53.7 Å². The highest BCUT2D eigenvalue weighted by Gasteiger charge is 2.43. The van der Waals surface area contributed by atoms with Crippen molar-refractivity contribution in [1.82, 2.24) is 0 Å². The molecule has 0 saturated heterocycles. The minimum absolute atomic E-state index is 0.00991. The summed E-state index contributed by atoms with van der Waals surface area (Å²) in [5.41, 5.74) is 1.86. The lowest BCUT2D eigenvalue weighted by molar-refractivity contribution is 0.171. The smallest absolute Gasteiger partial charge is 0.250 e. The zero-order valence-corrected chi connectivity index (χ0v) is 26.6. The van der Waals surface area contributed by atoms with Crippen molar-refractivity contribution < 1.29 is 27.8 Å². The standard InChI is InChI=1S/C29H44O6Si2/c1-28(2,3)36(9,10)34-25-21(14-13-20-17-23(31-8)26-24(18-20)32-19-33-26)15-16-22(30-7)27(25)35-37(11,12)29(4,5)6/h13-18H,19H2,1-12H3. The van der Waals surface area contributed by atoms with E-state index >= 15 is 0 Å². The van der Waals surface area contributed by atoms with E-state index in [1.807, 2.05) is 30.3 Å². The molecule has 8 heteroatoms. The van der Waals surface area contributed by atoms with Crippen LogP contribution in [-0.4, -0.2) is 37.6 Å². The predicted octanol–water partition coefficient (Wildman–Crippen LogP) is 8.37. The first-order valence-corrected chi connectivity index (χ1v) is 18.6. The Morgan fingerprint density at radius 2 is 1.30 bits per heavy atom. The molecule has 0 fully saturated rings. The first kappa shape index (κ1) is 29.0. The summed E-state index contributed by atoms with van der Waals surface area (Å²) in [6, 6.07) is 7.88. The first-order chi connectivity index (χ1) is 17.0. The first-order valence-electron chi connectivity index (χ1n) is 12.8. The van der Waals surface area contributed by atoms with Crippen LogP contribution in [0.1, 0.15) is 52.7 Å². The summed E-state index contributed by atoms with van der Waals surface area (Å²) in [5.74, 6) is 4.05. The van der Waals surface area contributed by atoms with Gasteiger partial charge >= 0.3 is 0 Å². The summed E-state index contributed by atoms with van der Waals surface area (Å²) >= 11 is 0. The molecule has 0 spiro atoms. The predicted molar refractivity (Wildman–Crippen MR) is 157 cm³/mol. The summed E-state index contributed by atoms with van der Waals surface area (Å²) in [4.78, 5) is 0. The topological polar surface area (TPSA) is 55.4 Å². The summed E-state index contributed by atoms with van der Waals surface area (Å²) < 4.78 is 36.3. The van der Waals surface area contributed by atoms with Gasteiger partial charge in [-0.2, -0.15) is 0 Å². The number of hydrogen-bond acceptors (Lipinski definition) is 6. The van der Waals surface area contributed by atoms with Gasteiger partial charge in [0.25, 0.3) is 16.6 Å². The molecule has 37 heavy (non-hydrogen) atoms. The zero-order valence-electron chi connectivity index (χ0n) is 24.6. The molecule has 3 rings (SSSR count). The molecule has 0 N–H and O–H groups in total. The number of rotatable bonds is 8. The Morgan fingerprint density at radius 3 is 1.84 bits per heavy atom. The van der Waals surface area contributed by atoms with Gasteiger partial charge in [0.05, 0.1) is 14.2 Å². The maximum Gasteiger partial charge on any atom is 0.250 e. The van der Waals surface area contributed by atoms with E-state index in [9.17, 15) is 0 Å². The number of hydrogen-bond donors (Lipinski definition) is 0. The molecule has 0 saturated carbocycles. The lowest BCUT2D eigenvalue weighted by atomic mass is 10.1. The van der Waals surface area contributed by atoms with Gasteiger partial charge in [0.15, 0.2) is 28.7 Å². The van der Waals surface area contributed by atoms with E-state index < -0.39 is 16.6 Å². The highest BCUT2D eigenvalue weighted by Crippen LogP contribution is 2.49. The molecule has 0 radical (unpaired) electrons. The fraction of sp³-hybridized carbons (Fsp3) is 0.517. The third kappa shape index (κ3) is 6.12. The number of benzene rings is 2. The summed E-state index contributed by atoms with van der Waals surface area (Å²) in [5, 5.41) is 0.0249. The molecular weight excluding hydrogens is 500 g/mol. The van der Waals surface area contributed by atoms with Crippen LogP contribution in [0.25, 0.3) is 12.2 Å². The van der Waals surface area contributed by atoms with Crippen molar-refractivity contribution in [3.05, 3.63) is 35.4 Å². The molecule has 1 aliphatic rings. The Morgan fingerprint density at radius 1 is 0.730 bits per heavy atom. The van der Waals surface area contributed by atoms with Gasteiger partial charge in [-0.15, -0.1) is 0 Å². The van der Waals surface area contributed by atoms with Crippen molar-refractivity contribution in [2.75, 3.05) is 21.0 Å². The minimum atomic E-state index is -2.21. The largest absolute Gasteiger partial charge is 0.541 e. The van der Waals surface area contributed by atoms with Gasteiger partial charge in [0, 0.05) is 5.56 Å². The number of ether oxygens (including phenoxy) is 4. The molecule has 1 aliphatic heterocycles. The van der Waals surface area contributed by atoms with E-state index in [1.54, 1.807) is 14.2 Å². The van der Waals surface area contributed by atoms with Gasteiger partial charge in [0.2, 0.25) is 12.5 Å². The lowest BCUT2D eigenvalue weighted by Gasteiger charge is -2.40. The quantitative estimate of drug-likeness (QED) is 0.246. The molecule has 0 amide bonds. The summed E-state index contributed by atoms with van der Waals surface area (Å²) in [7, 11) is -1.10. The fourth-order valence-electron chi connectivity index (χ4n) is 3.30. The maximum absolute atomic E-state index is 6.97. The molecule has 204 valence electrons. The van der Waals surface area contributed by atoms with E-state index in [4.69, 9.17) is 27.8 Å². The van der Waals surface area contributed by atoms with Gasteiger partial charge in [-0.3, -0.25) is 0 Å². The summed E-state index contributed by atoms with van der Waals surface area (Å²) in [6.07, 6.45) is 4.08. The third-order valence-electron chi connectivity index (χ3n) is 7.79. The van der Waals surface area contributed by atoms with Crippen LogP contribution in [0.5, 0.6) is 34.5 Å². The molecule has 0 aromatic heterocycles. The Hall–Kier alpha value is -2.59. The van der Waals surface area contributed by atoms with Crippen molar-refractivity contribution in [2.45, 2.75) is 77.8 Å². The van der Waals surface area contributed by atoms with E-state index in [1.165, 1.54) is 0 Å². The van der Waals surface area contributed by atoms with Crippen LogP contribution in [0.15, 0.2) is 24.3 Å². The van der Waals surface area contributed by atoms with Gasteiger partial charge < -0.3 is 27.8 Å². The SMILES string of the molecule is COc1cc(C=Cc2ccc(OC)c(O[Si](C)(C)C(C)(C)C)c2O[Si](C)(C)C(C)(C)C)cc2c1OCO2. The highest BCUT2D eigenvalue weighted by molar-refractivity contribution is 6.75. The lowest BCUT2D eigenvalue weighted by Crippen LogP contribution is -2.46. The number of methoxy groups -OCH3 is 2. The van der Waals surface area contributed by atoms with Crippen molar-refractivity contribution >= 4 is 28.8 Å². The van der Waals surface area contributed by atoms with Crippen LogP contribution >= 0.6 is 0 Å². The van der Waals surface area contributed by atoms with Crippen LogP contribution in [0, 0.1) is 0 Å². The molecular formula is C29H44O6Si2. The molecule has 0 atom stereocenters. The van der Waals surface area contributed by atoms with Crippen LogP contribution in [0.3, 0.4) is 0 Å². The molecule has 2 aromatic carbocycles. The average molecular weight is 545 g/mol. The van der Waals surface area contributed by atoms with Crippen LogP contribution in [-0.2, 0) is 0 Å². The van der Waals surface area contributed by atoms with Crippen LogP contribution < -0.4 is 27.8 Å². The molecule has 0 aliphatic carbocycles. The van der Waals surface area contributed by atoms with E-state index in [2.05, 4.69) is 73.8 Å². The second-order valence-electron chi connectivity index (χ2n) is 12.5. The normalized spacial score (nSPS) is 14.2. The maximum atomic E-state index is 6.97. The van der Waals surface area contributed by atoms with Gasteiger partial charge in [0.1, 0.15) is 0 Å². The average Bonchev–Trinajstić information content (AvgIpc) is 3.25. The Bertz CT molecular complexity index is 1160. The second kappa shape index (κ2) is 10.3. The Labute approximate surface area is 225 Å². The van der Waals surface area contributed by atoms with Crippen molar-refractivity contribution in [3.63, 3.8) is 0 Å². The van der Waals surface area contributed by atoms with Crippen LogP contribution in [0.2, 0.25) is 36.3 Å². The highest BCUT2D eigenvalue weighted by atomic mass is 28.4. The van der Waals surface area contributed by atoms with E-state index in [-0.39, 0.29) is 16.9 Å². The van der Waals surface area contributed by atoms with E-state index in [0.29, 0.717) is 28.7 Å². The Kier molecular flexibility index (Phi) is 8.06. The zero-order chi connectivity index (χ0) is 27.8. The Balaban J connectivity index is 2.17. The second-order valence-corrected chi connectivity index (χ2v) is 22.0. The van der Waals surface area contributed by atoms with Gasteiger partial charge in [-0.05, 0) is 66.1 Å². The molecule has 2 aromatic rings. The molecule has 6 nitrogen and oxygen atoms in total. The van der Waals surface area contributed by atoms with Crippen molar-refractivity contribution in [3.8, 4) is 34.5 Å². The van der Waals surface area contributed by atoms with E-state index in [0.717, 1.165) is 16.9 Å². The number of fused-ring (bicyclic) bond motifs is 1. The molecule has 1 heterocycles. The minimum Gasteiger partial charge on any atom is -0.541 e. The third-order valence-corrected chi connectivity index (χ3v) is 16.4. The molecule has 0 unspecified atom stereocenters. The van der Waals surface area contributed by atoms with Gasteiger partial charge in [-0.25, -0.2) is 0 Å². The van der Waals surface area contributed by atoms with Crippen molar-refractivity contribution in [1.29, 1.82) is 0 Å². The fourth-order valence-corrected chi connectivity index (χ4v) is 5.34. The van der Waals surface area contributed by atoms with Crippen molar-refractivity contribution in [2.24, 2.45) is 0 Å². The molecule has 0 bridgehead atoms. The summed E-state index contributed by atoms with van der Waals surface area (Å²) in [6.45, 7) is 22.6.